The van der Waals surface area contributed by atoms with E-state index in [0.29, 0.717) is 28.3 Å². The summed E-state index contributed by atoms with van der Waals surface area (Å²) in [4.78, 5) is 21.6. The van der Waals surface area contributed by atoms with Crippen LogP contribution in [-0.4, -0.2) is 39.7 Å². The second-order valence-corrected chi connectivity index (χ2v) is 8.10. The number of fused-ring (bicyclic) bond motifs is 2. The molecule has 0 aliphatic carbocycles. The van der Waals surface area contributed by atoms with Crippen LogP contribution in [0.1, 0.15) is 11.4 Å². The highest BCUT2D eigenvalue weighted by atomic mass is 19.1. The third-order valence-electron chi connectivity index (χ3n) is 5.87. The van der Waals surface area contributed by atoms with E-state index in [9.17, 15) is 4.39 Å². The minimum absolute atomic E-state index is 0.303. The molecule has 0 amide bonds. The van der Waals surface area contributed by atoms with Crippen molar-refractivity contribution < 1.29 is 4.39 Å². The normalized spacial score (nSPS) is 11.6. The molecule has 5 heterocycles. The molecule has 2 N–H and O–H groups in total. The van der Waals surface area contributed by atoms with Crippen molar-refractivity contribution in [3.05, 3.63) is 66.1 Å². The van der Waals surface area contributed by atoms with E-state index in [-0.39, 0.29) is 5.82 Å². The van der Waals surface area contributed by atoms with Gasteiger partial charge in [0.25, 0.3) is 0 Å². The molecule has 0 atom stereocenters. The number of halogens is 1. The highest BCUT2D eigenvalue weighted by Gasteiger charge is 2.18. The second-order valence-electron chi connectivity index (χ2n) is 8.10. The van der Waals surface area contributed by atoms with E-state index in [2.05, 4.69) is 30.1 Å². The molecule has 0 saturated carbocycles. The number of hydrogen-bond donors (Lipinski definition) is 2. The van der Waals surface area contributed by atoms with Gasteiger partial charge in [-0.3, -0.25) is 15.1 Å². The highest BCUT2D eigenvalue weighted by Crippen LogP contribution is 2.32. The zero-order valence-corrected chi connectivity index (χ0v) is 18.2. The van der Waals surface area contributed by atoms with E-state index in [1.54, 1.807) is 12.4 Å². The van der Waals surface area contributed by atoms with Crippen LogP contribution >= 0.6 is 0 Å². The van der Waals surface area contributed by atoms with E-state index in [0.717, 1.165) is 39.2 Å². The lowest BCUT2D eigenvalue weighted by Gasteiger charge is -2.03. The first-order chi connectivity index (χ1) is 16.0. The number of pyridine rings is 2. The van der Waals surface area contributed by atoms with Gasteiger partial charge in [-0.2, -0.15) is 5.10 Å². The SMILES string of the molecule is Cc1cc(F)cc(-c2nccc3[nH]c(-c4n[nH]c5cnc(-c6cnc(C)n6C)cc45)nc23)c1. The van der Waals surface area contributed by atoms with Crippen molar-refractivity contribution >= 4 is 21.9 Å². The molecular formula is C24H19FN8. The molecular weight excluding hydrogens is 419 g/mol. The fourth-order valence-electron chi connectivity index (χ4n) is 4.11. The van der Waals surface area contributed by atoms with Gasteiger partial charge in [-0.15, -0.1) is 0 Å². The summed E-state index contributed by atoms with van der Waals surface area (Å²) >= 11 is 0. The number of aromatic amines is 2. The lowest BCUT2D eigenvalue weighted by molar-refractivity contribution is 0.627. The minimum Gasteiger partial charge on any atom is -0.336 e. The molecule has 0 unspecified atom stereocenters. The average molecular weight is 438 g/mol. The van der Waals surface area contributed by atoms with Crippen molar-refractivity contribution in [2.24, 2.45) is 7.05 Å². The van der Waals surface area contributed by atoms with E-state index in [1.165, 1.54) is 12.1 Å². The van der Waals surface area contributed by atoms with E-state index in [1.807, 2.05) is 49.9 Å². The summed E-state index contributed by atoms with van der Waals surface area (Å²) in [5.41, 5.74) is 6.75. The van der Waals surface area contributed by atoms with Crippen LogP contribution in [0.25, 0.3) is 56.1 Å². The number of aryl methyl sites for hydroxylation is 2. The van der Waals surface area contributed by atoms with Crippen molar-refractivity contribution in [2.45, 2.75) is 13.8 Å². The van der Waals surface area contributed by atoms with Crippen LogP contribution in [0.5, 0.6) is 0 Å². The molecule has 6 rings (SSSR count). The fraction of sp³-hybridized carbons (Fsp3) is 0.125. The molecule has 0 aliphatic heterocycles. The van der Waals surface area contributed by atoms with Crippen LogP contribution in [0.4, 0.5) is 4.39 Å². The Hall–Kier alpha value is -4.40. The molecule has 0 bridgehead atoms. The number of nitrogens with one attached hydrogen (secondary N) is 2. The lowest BCUT2D eigenvalue weighted by Crippen LogP contribution is -1.95. The average Bonchev–Trinajstić information content (AvgIpc) is 3.49. The summed E-state index contributed by atoms with van der Waals surface area (Å²) in [7, 11) is 1.96. The highest BCUT2D eigenvalue weighted by molar-refractivity contribution is 5.96. The number of aromatic nitrogens is 8. The molecule has 33 heavy (non-hydrogen) atoms. The van der Waals surface area contributed by atoms with Crippen LogP contribution in [-0.2, 0) is 7.05 Å². The van der Waals surface area contributed by atoms with Gasteiger partial charge in [-0.25, -0.2) is 14.4 Å². The third-order valence-corrected chi connectivity index (χ3v) is 5.87. The van der Waals surface area contributed by atoms with Crippen LogP contribution in [0.3, 0.4) is 0 Å². The molecule has 1 aromatic carbocycles. The van der Waals surface area contributed by atoms with Gasteiger partial charge >= 0.3 is 0 Å². The standard InChI is InChI=1S/C24H19FN8/c1-12-6-14(8-15(25)7-12)21-23-17(4-5-26-21)29-24(30-23)22-16-9-18(28-10-19(16)31-32-22)20-11-27-13(2)33(20)3/h4-11H,1-3H3,(H,29,30)(H,31,32). The molecule has 0 aliphatic rings. The Morgan fingerprint density at radius 3 is 2.61 bits per heavy atom. The molecule has 162 valence electrons. The maximum Gasteiger partial charge on any atom is 0.159 e. The predicted octanol–water partition coefficient (Wildman–Crippen LogP) is 4.72. The maximum atomic E-state index is 14.0. The van der Waals surface area contributed by atoms with Gasteiger partial charge < -0.3 is 9.55 Å². The number of nitrogens with zero attached hydrogens (tertiary/aromatic N) is 6. The first-order valence-corrected chi connectivity index (χ1v) is 10.4. The van der Waals surface area contributed by atoms with Crippen molar-refractivity contribution in [2.75, 3.05) is 0 Å². The fourth-order valence-corrected chi connectivity index (χ4v) is 4.11. The van der Waals surface area contributed by atoms with E-state index >= 15 is 0 Å². The van der Waals surface area contributed by atoms with Gasteiger partial charge in [-0.1, -0.05) is 0 Å². The molecule has 6 aromatic rings. The van der Waals surface area contributed by atoms with Crippen LogP contribution in [0.15, 0.2) is 48.9 Å². The first-order valence-electron chi connectivity index (χ1n) is 10.4. The van der Waals surface area contributed by atoms with Gasteiger partial charge in [0.15, 0.2) is 5.82 Å². The Balaban J connectivity index is 1.52. The zero-order chi connectivity index (χ0) is 22.7. The maximum absolute atomic E-state index is 14.0. The van der Waals surface area contributed by atoms with Crippen LogP contribution in [0, 0.1) is 19.7 Å². The Bertz CT molecular complexity index is 1650. The van der Waals surface area contributed by atoms with Crippen molar-refractivity contribution in [1.29, 1.82) is 0 Å². The predicted molar refractivity (Wildman–Crippen MR) is 124 cm³/mol. The number of rotatable bonds is 3. The van der Waals surface area contributed by atoms with Gasteiger partial charge in [0.2, 0.25) is 0 Å². The Kier molecular flexibility index (Phi) is 4.13. The van der Waals surface area contributed by atoms with E-state index < -0.39 is 0 Å². The minimum atomic E-state index is -0.303. The molecule has 9 heteroatoms. The molecule has 8 nitrogen and oxygen atoms in total. The summed E-state index contributed by atoms with van der Waals surface area (Å²) in [6.07, 6.45) is 5.26. The molecule has 0 radical (unpaired) electrons. The van der Waals surface area contributed by atoms with Crippen LogP contribution in [0.2, 0.25) is 0 Å². The zero-order valence-electron chi connectivity index (χ0n) is 18.2. The number of H-pyrrole nitrogens is 2. The van der Waals surface area contributed by atoms with Gasteiger partial charge in [0.1, 0.15) is 22.9 Å². The first kappa shape index (κ1) is 19.3. The Labute approximate surface area is 187 Å². The Morgan fingerprint density at radius 1 is 0.939 bits per heavy atom. The summed E-state index contributed by atoms with van der Waals surface area (Å²) < 4.78 is 16.0. The molecule has 0 spiro atoms. The number of hydrogen-bond acceptors (Lipinski definition) is 5. The van der Waals surface area contributed by atoms with Gasteiger partial charge in [0.05, 0.1) is 40.5 Å². The largest absolute Gasteiger partial charge is 0.336 e. The Morgan fingerprint density at radius 2 is 1.82 bits per heavy atom. The number of imidazole rings is 2. The summed E-state index contributed by atoms with van der Waals surface area (Å²) in [6.45, 7) is 3.80. The van der Waals surface area contributed by atoms with Crippen molar-refractivity contribution in [3.8, 4) is 34.2 Å². The number of benzene rings is 1. The molecule has 5 aromatic heterocycles. The summed E-state index contributed by atoms with van der Waals surface area (Å²) in [5.74, 6) is 1.20. The van der Waals surface area contributed by atoms with E-state index in [4.69, 9.17) is 4.98 Å². The van der Waals surface area contributed by atoms with Crippen LogP contribution < -0.4 is 0 Å². The second kappa shape index (κ2) is 7.06. The van der Waals surface area contributed by atoms with Crippen molar-refractivity contribution in [1.82, 2.24) is 39.7 Å². The summed E-state index contributed by atoms with van der Waals surface area (Å²) in [6, 6.07) is 8.69. The monoisotopic (exact) mass is 438 g/mol. The topological polar surface area (TPSA) is 101 Å². The smallest absolute Gasteiger partial charge is 0.159 e. The summed E-state index contributed by atoms with van der Waals surface area (Å²) in [5, 5.41) is 8.41. The van der Waals surface area contributed by atoms with Gasteiger partial charge in [-0.05, 0) is 49.7 Å². The lowest BCUT2D eigenvalue weighted by atomic mass is 10.1. The quantitative estimate of drug-likeness (QED) is 0.416. The van der Waals surface area contributed by atoms with Crippen molar-refractivity contribution in [3.63, 3.8) is 0 Å². The third kappa shape index (κ3) is 3.08. The van der Waals surface area contributed by atoms with Gasteiger partial charge in [0, 0.05) is 24.2 Å². The molecule has 0 fully saturated rings. The molecule has 0 saturated heterocycles.